The van der Waals surface area contributed by atoms with Gasteiger partial charge in [-0.3, -0.25) is 14.9 Å². The maximum absolute atomic E-state index is 12.1. The summed E-state index contributed by atoms with van der Waals surface area (Å²) in [4.78, 5) is 24.1. The lowest BCUT2D eigenvalue weighted by Gasteiger charge is -2.02. The second kappa shape index (κ2) is 8.17. The van der Waals surface area contributed by atoms with E-state index in [4.69, 9.17) is 27.7 Å². The molecule has 0 bridgehead atoms. The van der Waals surface area contributed by atoms with E-state index in [2.05, 4.69) is 10.5 Å². The minimum absolute atomic E-state index is 0.0401. The number of amides is 1. The van der Waals surface area contributed by atoms with Gasteiger partial charge in [-0.05, 0) is 36.4 Å². The first-order chi connectivity index (χ1) is 12.5. The monoisotopic (exact) mass is 388 g/mol. The molecule has 0 aliphatic heterocycles. The van der Waals surface area contributed by atoms with E-state index < -0.39 is 0 Å². The Kier molecular flexibility index (Phi) is 5.71. The Morgan fingerprint density at radius 1 is 0.923 bits per heavy atom. The highest BCUT2D eigenvalue weighted by Crippen LogP contribution is 2.23. The maximum Gasteiger partial charge on any atom is 0.231 e. The number of benzene rings is 2. The lowest BCUT2D eigenvalue weighted by Crippen LogP contribution is -2.13. The molecule has 0 unspecified atom stereocenters. The SMILES string of the molecule is O=C(CCC(=O)c1ccc(Cl)cc1)Nc1cc(-c2ccc(Cl)cc2)no1. The van der Waals surface area contributed by atoms with Crippen LogP contribution < -0.4 is 5.32 Å². The predicted octanol–water partition coefficient (Wildman–Crippen LogP) is 5.25. The highest BCUT2D eigenvalue weighted by molar-refractivity contribution is 6.31. The summed E-state index contributed by atoms with van der Waals surface area (Å²) in [6.45, 7) is 0. The van der Waals surface area contributed by atoms with Crippen molar-refractivity contribution in [1.82, 2.24) is 5.16 Å². The Labute approximate surface area is 159 Å². The number of ketones is 1. The third-order valence-electron chi connectivity index (χ3n) is 3.66. The van der Waals surface area contributed by atoms with Crippen molar-refractivity contribution in [2.24, 2.45) is 0 Å². The van der Waals surface area contributed by atoms with E-state index >= 15 is 0 Å². The van der Waals surface area contributed by atoms with E-state index in [1.54, 1.807) is 54.6 Å². The molecule has 0 aliphatic carbocycles. The number of halogens is 2. The molecule has 7 heteroatoms. The van der Waals surface area contributed by atoms with Crippen LogP contribution in [0.2, 0.25) is 10.0 Å². The average Bonchev–Trinajstić information content (AvgIpc) is 3.09. The van der Waals surface area contributed by atoms with Crippen molar-refractivity contribution in [3.63, 3.8) is 0 Å². The van der Waals surface area contributed by atoms with Gasteiger partial charge in [-0.1, -0.05) is 40.5 Å². The Balaban J connectivity index is 1.54. The van der Waals surface area contributed by atoms with E-state index in [1.807, 2.05) is 0 Å². The van der Waals surface area contributed by atoms with Gasteiger partial charge in [0.05, 0.1) is 0 Å². The number of anilines is 1. The second-order valence-electron chi connectivity index (χ2n) is 5.56. The predicted molar refractivity (Wildman–Crippen MR) is 101 cm³/mol. The zero-order valence-corrected chi connectivity index (χ0v) is 15.1. The zero-order valence-electron chi connectivity index (χ0n) is 13.5. The van der Waals surface area contributed by atoms with Gasteiger partial charge in [0, 0.05) is 40.1 Å². The molecule has 0 fully saturated rings. The smallest absolute Gasteiger partial charge is 0.231 e. The van der Waals surface area contributed by atoms with Gasteiger partial charge in [0.15, 0.2) is 5.78 Å². The number of hydrogen-bond donors (Lipinski definition) is 1. The zero-order chi connectivity index (χ0) is 18.5. The molecule has 1 heterocycles. The topological polar surface area (TPSA) is 72.2 Å². The fourth-order valence-corrected chi connectivity index (χ4v) is 2.55. The normalized spacial score (nSPS) is 10.5. The molecule has 132 valence electrons. The van der Waals surface area contributed by atoms with E-state index in [-0.39, 0.29) is 30.4 Å². The molecule has 1 amide bonds. The number of hydrogen-bond acceptors (Lipinski definition) is 4. The fourth-order valence-electron chi connectivity index (χ4n) is 2.30. The van der Waals surface area contributed by atoms with E-state index in [0.29, 0.717) is 21.3 Å². The number of Topliss-reactive ketones (excluding diaryl/α,β-unsaturated/α-hetero) is 1. The molecule has 1 N–H and O–H groups in total. The molecule has 0 saturated carbocycles. The molecular weight excluding hydrogens is 375 g/mol. The van der Waals surface area contributed by atoms with Gasteiger partial charge in [-0.25, -0.2) is 0 Å². The van der Waals surface area contributed by atoms with Crippen molar-refractivity contribution in [2.45, 2.75) is 12.8 Å². The number of rotatable bonds is 6. The van der Waals surface area contributed by atoms with Gasteiger partial charge < -0.3 is 4.52 Å². The summed E-state index contributed by atoms with van der Waals surface area (Å²) in [6.07, 6.45) is 0.129. The summed E-state index contributed by atoms with van der Waals surface area (Å²) >= 11 is 11.6. The molecule has 0 aliphatic rings. The molecule has 1 aromatic heterocycles. The van der Waals surface area contributed by atoms with Crippen molar-refractivity contribution in [2.75, 3.05) is 5.32 Å². The van der Waals surface area contributed by atoms with Gasteiger partial charge in [0.1, 0.15) is 5.69 Å². The lowest BCUT2D eigenvalue weighted by atomic mass is 10.1. The van der Waals surface area contributed by atoms with Crippen LogP contribution in [0.25, 0.3) is 11.3 Å². The van der Waals surface area contributed by atoms with Crippen LogP contribution in [-0.2, 0) is 4.79 Å². The van der Waals surface area contributed by atoms with Gasteiger partial charge >= 0.3 is 0 Å². The lowest BCUT2D eigenvalue weighted by molar-refractivity contribution is -0.116. The molecule has 0 atom stereocenters. The van der Waals surface area contributed by atoms with Crippen LogP contribution in [0.15, 0.2) is 59.1 Å². The van der Waals surface area contributed by atoms with Crippen LogP contribution in [-0.4, -0.2) is 16.8 Å². The van der Waals surface area contributed by atoms with Gasteiger partial charge in [0.25, 0.3) is 0 Å². The summed E-state index contributed by atoms with van der Waals surface area (Å²) in [7, 11) is 0. The van der Waals surface area contributed by atoms with Crippen LogP contribution in [0.4, 0.5) is 5.88 Å². The van der Waals surface area contributed by atoms with Crippen LogP contribution in [0, 0.1) is 0 Å². The van der Waals surface area contributed by atoms with Crippen molar-refractivity contribution in [1.29, 1.82) is 0 Å². The summed E-state index contributed by atoms with van der Waals surface area (Å²) in [5, 5.41) is 7.68. The summed E-state index contributed by atoms with van der Waals surface area (Å²) in [5.74, 6) is -0.235. The first-order valence-electron chi connectivity index (χ1n) is 7.82. The van der Waals surface area contributed by atoms with Crippen molar-refractivity contribution in [3.8, 4) is 11.3 Å². The Morgan fingerprint density at radius 3 is 2.19 bits per heavy atom. The maximum atomic E-state index is 12.1. The largest absolute Gasteiger partial charge is 0.338 e. The van der Waals surface area contributed by atoms with Crippen molar-refractivity contribution >= 4 is 40.8 Å². The number of carbonyl (C=O) groups excluding carboxylic acids is 2. The highest BCUT2D eigenvalue weighted by Gasteiger charge is 2.12. The number of nitrogens with zero attached hydrogens (tertiary/aromatic N) is 1. The molecule has 0 radical (unpaired) electrons. The summed E-state index contributed by atoms with van der Waals surface area (Å²) < 4.78 is 5.11. The highest BCUT2D eigenvalue weighted by atomic mass is 35.5. The number of nitrogens with one attached hydrogen (secondary N) is 1. The molecule has 0 spiro atoms. The Hall–Kier alpha value is -2.63. The fraction of sp³-hybridized carbons (Fsp3) is 0.105. The third-order valence-corrected chi connectivity index (χ3v) is 4.16. The van der Waals surface area contributed by atoms with Crippen LogP contribution in [0.3, 0.4) is 0 Å². The minimum Gasteiger partial charge on any atom is -0.338 e. The minimum atomic E-state index is -0.328. The summed E-state index contributed by atoms with van der Waals surface area (Å²) in [6, 6.07) is 15.3. The van der Waals surface area contributed by atoms with Crippen LogP contribution in [0.1, 0.15) is 23.2 Å². The van der Waals surface area contributed by atoms with E-state index in [0.717, 1.165) is 5.56 Å². The standard InChI is InChI=1S/C19H14Cl2N2O3/c20-14-5-1-12(2-6-14)16-11-19(26-23-16)22-18(25)10-9-17(24)13-3-7-15(21)8-4-13/h1-8,11H,9-10H2,(H,22,25). The average molecular weight is 389 g/mol. The molecule has 0 saturated heterocycles. The first-order valence-corrected chi connectivity index (χ1v) is 8.58. The van der Waals surface area contributed by atoms with Gasteiger partial charge in [-0.2, -0.15) is 0 Å². The Morgan fingerprint density at radius 2 is 1.54 bits per heavy atom. The quantitative estimate of drug-likeness (QED) is 0.585. The molecule has 2 aromatic carbocycles. The molecule has 5 nitrogen and oxygen atoms in total. The second-order valence-corrected chi connectivity index (χ2v) is 6.43. The van der Waals surface area contributed by atoms with Crippen LogP contribution in [0.5, 0.6) is 0 Å². The van der Waals surface area contributed by atoms with E-state index in [1.165, 1.54) is 0 Å². The summed E-state index contributed by atoms with van der Waals surface area (Å²) in [5.41, 5.74) is 1.91. The molecular formula is C19H14Cl2N2O3. The number of aromatic nitrogens is 1. The third kappa shape index (κ3) is 4.71. The van der Waals surface area contributed by atoms with E-state index in [9.17, 15) is 9.59 Å². The van der Waals surface area contributed by atoms with Crippen molar-refractivity contribution in [3.05, 3.63) is 70.2 Å². The molecule has 3 rings (SSSR count). The molecule has 26 heavy (non-hydrogen) atoms. The first kappa shape index (κ1) is 18.2. The van der Waals surface area contributed by atoms with Crippen molar-refractivity contribution < 1.29 is 14.1 Å². The van der Waals surface area contributed by atoms with Crippen LogP contribution >= 0.6 is 23.2 Å². The van der Waals surface area contributed by atoms with Gasteiger partial charge in [-0.15, -0.1) is 0 Å². The molecule has 3 aromatic rings. The number of carbonyl (C=O) groups is 2. The van der Waals surface area contributed by atoms with Gasteiger partial charge in [0.2, 0.25) is 11.8 Å². The Bertz CT molecular complexity index is 919.